The zero-order chi connectivity index (χ0) is 11.5. The fourth-order valence-corrected chi connectivity index (χ4v) is 2.44. The van der Waals surface area contributed by atoms with Crippen molar-refractivity contribution in [3.8, 4) is 0 Å². The molecule has 1 saturated heterocycles. The minimum Gasteiger partial charge on any atom is -0.351 e. The molecule has 1 atom stereocenters. The third-order valence-electron chi connectivity index (χ3n) is 3.04. The van der Waals surface area contributed by atoms with Gasteiger partial charge in [-0.05, 0) is 25.9 Å². The average molecular weight is 312 g/mol. The molecule has 0 aliphatic carbocycles. The van der Waals surface area contributed by atoms with E-state index >= 15 is 0 Å². The molecule has 4 nitrogen and oxygen atoms in total. The lowest BCUT2D eigenvalue weighted by Gasteiger charge is -2.31. The molecular weight excluding hydrogens is 293 g/mol. The van der Waals surface area contributed by atoms with Crippen LogP contribution in [0.3, 0.4) is 0 Å². The van der Waals surface area contributed by atoms with E-state index in [9.17, 15) is 4.79 Å². The Morgan fingerprint density at radius 2 is 2.28 bits per heavy atom. The van der Waals surface area contributed by atoms with Crippen LogP contribution in [0.4, 0.5) is 0 Å². The van der Waals surface area contributed by atoms with Gasteiger partial charge in [0, 0.05) is 17.0 Å². The Hall–Kier alpha value is -0.360. The maximum atomic E-state index is 11.8. The van der Waals surface area contributed by atoms with Crippen LogP contribution in [0.15, 0.2) is 6.20 Å². The van der Waals surface area contributed by atoms with Crippen molar-refractivity contribution in [3.05, 3.63) is 16.1 Å². The minimum absolute atomic E-state index is 0. The van der Waals surface area contributed by atoms with E-state index in [4.69, 9.17) is 0 Å². The molecule has 0 aromatic carbocycles. The molecule has 0 saturated carbocycles. The highest BCUT2D eigenvalue weighted by Gasteiger charge is 2.28. The molecule has 7 heteroatoms. The van der Waals surface area contributed by atoms with E-state index in [1.807, 2.05) is 20.0 Å². The maximum Gasteiger partial charge on any atom is 0.223 e. The van der Waals surface area contributed by atoms with Crippen LogP contribution in [0.1, 0.15) is 16.8 Å². The second kappa shape index (κ2) is 7.94. The summed E-state index contributed by atoms with van der Waals surface area (Å²) in [5.41, 5.74) is 0. The summed E-state index contributed by atoms with van der Waals surface area (Å²) < 4.78 is 0. The Kier molecular flexibility index (Phi) is 7.78. The summed E-state index contributed by atoms with van der Waals surface area (Å²) in [5, 5.41) is 7.19. The molecule has 1 fully saturated rings. The molecule has 1 unspecified atom stereocenters. The third-order valence-corrected chi connectivity index (χ3v) is 3.95. The normalized spacial score (nSPS) is 15.9. The van der Waals surface area contributed by atoms with E-state index in [0.29, 0.717) is 12.5 Å². The van der Waals surface area contributed by atoms with Gasteiger partial charge in [0.15, 0.2) is 0 Å². The van der Waals surface area contributed by atoms with Gasteiger partial charge in [-0.2, -0.15) is 0 Å². The van der Waals surface area contributed by atoms with Gasteiger partial charge in [0.2, 0.25) is 5.91 Å². The molecule has 1 aliphatic rings. The molecular formula is C11H19Cl2N3OS. The first kappa shape index (κ1) is 17.6. The van der Waals surface area contributed by atoms with Gasteiger partial charge in [-0.3, -0.25) is 4.79 Å². The van der Waals surface area contributed by atoms with E-state index in [-0.39, 0.29) is 36.6 Å². The van der Waals surface area contributed by atoms with E-state index in [0.717, 1.165) is 23.0 Å². The van der Waals surface area contributed by atoms with Gasteiger partial charge in [0.05, 0.1) is 11.6 Å². The lowest BCUT2D eigenvalue weighted by molar-refractivity contribution is -0.126. The van der Waals surface area contributed by atoms with E-state index in [1.165, 1.54) is 0 Å². The van der Waals surface area contributed by atoms with E-state index in [2.05, 4.69) is 15.6 Å². The van der Waals surface area contributed by atoms with Crippen molar-refractivity contribution in [3.63, 3.8) is 0 Å². The number of amides is 1. The fraction of sp³-hybridized carbons (Fsp3) is 0.636. The molecule has 0 bridgehead atoms. The van der Waals surface area contributed by atoms with Gasteiger partial charge >= 0.3 is 0 Å². The molecule has 2 heterocycles. The molecule has 1 aromatic rings. The summed E-state index contributed by atoms with van der Waals surface area (Å²) in [6, 6.07) is 0. The van der Waals surface area contributed by atoms with Crippen LogP contribution < -0.4 is 10.6 Å². The molecule has 0 radical (unpaired) electrons. The molecule has 2 N–H and O–H groups in total. The van der Waals surface area contributed by atoms with Crippen LogP contribution in [-0.2, 0) is 11.3 Å². The maximum absolute atomic E-state index is 11.8. The second-order valence-corrected chi connectivity index (χ2v) is 5.59. The standard InChI is InChI=1S/C11H17N3OS.2ClH/c1-7(9-3-12-4-9)11(15)14-6-10-5-13-8(2)16-10;;/h5,7,9,12H,3-4,6H2,1-2H3,(H,14,15);2*1H. The summed E-state index contributed by atoms with van der Waals surface area (Å²) in [5.74, 6) is 0.760. The van der Waals surface area contributed by atoms with Crippen molar-refractivity contribution in [1.82, 2.24) is 15.6 Å². The van der Waals surface area contributed by atoms with Crippen molar-refractivity contribution in [1.29, 1.82) is 0 Å². The molecule has 104 valence electrons. The largest absolute Gasteiger partial charge is 0.351 e. The summed E-state index contributed by atoms with van der Waals surface area (Å²) in [6.45, 7) is 6.51. The molecule has 1 aromatic heterocycles. The van der Waals surface area contributed by atoms with Gasteiger partial charge in [-0.15, -0.1) is 36.2 Å². The van der Waals surface area contributed by atoms with Gasteiger partial charge in [-0.1, -0.05) is 6.92 Å². The Balaban J connectivity index is 0.00000144. The Labute approximate surface area is 124 Å². The summed E-state index contributed by atoms with van der Waals surface area (Å²) in [6.07, 6.45) is 1.83. The number of hydrogen-bond acceptors (Lipinski definition) is 4. The van der Waals surface area contributed by atoms with Crippen molar-refractivity contribution >= 4 is 42.1 Å². The SMILES string of the molecule is Cc1ncc(CNC(=O)C(C)C2CNC2)s1.Cl.Cl. The van der Waals surface area contributed by atoms with Crippen molar-refractivity contribution < 1.29 is 4.79 Å². The lowest BCUT2D eigenvalue weighted by atomic mass is 9.88. The van der Waals surface area contributed by atoms with Gasteiger partial charge < -0.3 is 10.6 Å². The third kappa shape index (κ3) is 4.39. The number of nitrogens with one attached hydrogen (secondary N) is 2. The highest BCUT2D eigenvalue weighted by atomic mass is 35.5. The highest BCUT2D eigenvalue weighted by Crippen LogP contribution is 2.16. The number of thiazole rings is 1. The Morgan fingerprint density at radius 3 is 2.72 bits per heavy atom. The first-order valence-electron chi connectivity index (χ1n) is 5.56. The van der Waals surface area contributed by atoms with Crippen LogP contribution in [0.5, 0.6) is 0 Å². The quantitative estimate of drug-likeness (QED) is 0.891. The molecule has 0 spiro atoms. The van der Waals surface area contributed by atoms with Crippen LogP contribution in [0.25, 0.3) is 0 Å². The molecule has 18 heavy (non-hydrogen) atoms. The topological polar surface area (TPSA) is 54.0 Å². The van der Waals surface area contributed by atoms with E-state index in [1.54, 1.807) is 11.3 Å². The monoisotopic (exact) mass is 311 g/mol. The number of nitrogens with zero attached hydrogens (tertiary/aromatic N) is 1. The van der Waals surface area contributed by atoms with Crippen LogP contribution >= 0.6 is 36.2 Å². The second-order valence-electron chi connectivity index (χ2n) is 4.27. The van der Waals surface area contributed by atoms with Gasteiger partial charge in [0.1, 0.15) is 0 Å². The molecule has 1 aliphatic heterocycles. The molecule has 1 amide bonds. The number of aromatic nitrogens is 1. The Morgan fingerprint density at radius 1 is 1.61 bits per heavy atom. The zero-order valence-corrected chi connectivity index (χ0v) is 12.9. The Bertz CT molecular complexity index is 382. The fourth-order valence-electron chi connectivity index (χ4n) is 1.70. The summed E-state index contributed by atoms with van der Waals surface area (Å²) in [4.78, 5) is 17.1. The van der Waals surface area contributed by atoms with Crippen molar-refractivity contribution in [2.24, 2.45) is 11.8 Å². The van der Waals surface area contributed by atoms with Gasteiger partial charge in [-0.25, -0.2) is 4.98 Å². The number of carbonyl (C=O) groups is 1. The summed E-state index contributed by atoms with van der Waals surface area (Å²) in [7, 11) is 0. The lowest BCUT2D eigenvalue weighted by Crippen LogP contribution is -2.49. The first-order chi connectivity index (χ1) is 7.66. The number of hydrogen-bond donors (Lipinski definition) is 2. The van der Waals surface area contributed by atoms with Crippen LogP contribution in [0.2, 0.25) is 0 Å². The van der Waals surface area contributed by atoms with Gasteiger partial charge in [0.25, 0.3) is 0 Å². The predicted molar refractivity (Wildman–Crippen MR) is 78.7 cm³/mol. The van der Waals surface area contributed by atoms with Crippen LogP contribution in [0, 0.1) is 18.8 Å². The van der Waals surface area contributed by atoms with Crippen molar-refractivity contribution in [2.45, 2.75) is 20.4 Å². The number of carbonyl (C=O) groups excluding carboxylic acids is 1. The van der Waals surface area contributed by atoms with Crippen molar-refractivity contribution in [2.75, 3.05) is 13.1 Å². The summed E-state index contributed by atoms with van der Waals surface area (Å²) >= 11 is 1.63. The molecule has 2 rings (SSSR count). The smallest absolute Gasteiger partial charge is 0.223 e. The van der Waals surface area contributed by atoms with Crippen LogP contribution in [-0.4, -0.2) is 24.0 Å². The average Bonchev–Trinajstić information content (AvgIpc) is 2.58. The number of aryl methyl sites for hydroxylation is 1. The van der Waals surface area contributed by atoms with E-state index < -0.39 is 0 Å². The number of halogens is 2. The first-order valence-corrected chi connectivity index (χ1v) is 6.38. The highest BCUT2D eigenvalue weighted by molar-refractivity contribution is 7.11. The minimum atomic E-state index is 0. The zero-order valence-electron chi connectivity index (χ0n) is 10.4. The number of rotatable bonds is 4. The predicted octanol–water partition coefficient (Wildman–Crippen LogP) is 1.77.